The van der Waals surface area contributed by atoms with E-state index in [4.69, 9.17) is 23.2 Å². The maximum absolute atomic E-state index is 13.3. The SMILES string of the molecule is CC(C)c1ccc(-n2c(SC(Cl)Cl)nn(F)c2=O)cc1. The van der Waals surface area contributed by atoms with E-state index in [0.29, 0.717) is 11.6 Å². The van der Waals surface area contributed by atoms with Gasteiger partial charge in [0.25, 0.3) is 0 Å². The molecule has 0 aliphatic heterocycles. The Morgan fingerprint density at radius 3 is 2.35 bits per heavy atom. The van der Waals surface area contributed by atoms with Gasteiger partial charge in [-0.1, -0.05) is 53.7 Å². The second-order valence-electron chi connectivity index (χ2n) is 4.39. The molecule has 0 fully saturated rings. The van der Waals surface area contributed by atoms with E-state index >= 15 is 0 Å². The first kappa shape index (κ1) is 15.4. The van der Waals surface area contributed by atoms with Crippen LogP contribution in [0, 0.1) is 0 Å². The predicted octanol–water partition coefficient (Wildman–Crippen LogP) is 3.74. The minimum atomic E-state index is -0.890. The van der Waals surface area contributed by atoms with Gasteiger partial charge in [0.2, 0.25) is 5.16 Å². The van der Waals surface area contributed by atoms with Gasteiger partial charge in [-0.3, -0.25) is 0 Å². The van der Waals surface area contributed by atoms with Gasteiger partial charge in [0, 0.05) is 0 Å². The molecule has 0 bridgehead atoms. The maximum Gasteiger partial charge on any atom is 0.380 e. The molecule has 108 valence electrons. The molecule has 0 radical (unpaired) electrons. The van der Waals surface area contributed by atoms with Crippen LogP contribution in [0.2, 0.25) is 0 Å². The second kappa shape index (κ2) is 6.20. The van der Waals surface area contributed by atoms with Gasteiger partial charge in [-0.05, 0) is 40.3 Å². The summed E-state index contributed by atoms with van der Waals surface area (Å²) >= 11 is 12.2. The van der Waals surface area contributed by atoms with Crippen LogP contribution < -0.4 is 5.69 Å². The Hall–Kier alpha value is -0.980. The largest absolute Gasteiger partial charge is 0.380 e. The Balaban J connectivity index is 2.48. The predicted molar refractivity (Wildman–Crippen MR) is 79.8 cm³/mol. The number of benzene rings is 1. The van der Waals surface area contributed by atoms with Gasteiger partial charge in [0.15, 0.2) is 4.17 Å². The van der Waals surface area contributed by atoms with E-state index in [-0.39, 0.29) is 10.1 Å². The van der Waals surface area contributed by atoms with E-state index in [0.717, 1.165) is 21.9 Å². The Labute approximate surface area is 129 Å². The van der Waals surface area contributed by atoms with Gasteiger partial charge in [-0.25, -0.2) is 9.36 Å². The lowest BCUT2D eigenvalue weighted by Gasteiger charge is -2.08. The molecule has 0 aliphatic carbocycles. The van der Waals surface area contributed by atoms with Crippen molar-refractivity contribution >= 4 is 35.0 Å². The molecule has 2 rings (SSSR count). The Kier molecular flexibility index (Phi) is 4.78. The van der Waals surface area contributed by atoms with Crippen molar-refractivity contribution < 1.29 is 4.48 Å². The van der Waals surface area contributed by atoms with Crippen LogP contribution in [-0.2, 0) is 0 Å². The van der Waals surface area contributed by atoms with Crippen molar-refractivity contribution in [2.45, 2.75) is 29.1 Å². The minimum Gasteiger partial charge on any atom is -0.243 e. The van der Waals surface area contributed by atoms with Crippen molar-refractivity contribution in [1.29, 1.82) is 0 Å². The van der Waals surface area contributed by atoms with Gasteiger partial charge in [0.05, 0.1) is 5.69 Å². The lowest BCUT2D eigenvalue weighted by atomic mass is 10.0. The number of halogens is 3. The average molecular weight is 336 g/mol. The molecule has 0 unspecified atom stereocenters. The fourth-order valence-electron chi connectivity index (χ4n) is 1.71. The molecule has 0 atom stereocenters. The smallest absolute Gasteiger partial charge is 0.243 e. The number of alkyl halides is 2. The highest BCUT2D eigenvalue weighted by molar-refractivity contribution is 8.02. The molecule has 20 heavy (non-hydrogen) atoms. The van der Waals surface area contributed by atoms with Gasteiger partial charge in [-0.2, -0.15) is 0 Å². The maximum atomic E-state index is 13.3. The molecule has 0 aliphatic rings. The first-order valence-electron chi connectivity index (χ1n) is 5.83. The summed E-state index contributed by atoms with van der Waals surface area (Å²) in [5, 5.41) is 3.58. The summed E-state index contributed by atoms with van der Waals surface area (Å²) in [5.74, 6) is 0.369. The summed E-state index contributed by atoms with van der Waals surface area (Å²) < 4.78 is 13.6. The lowest BCUT2D eigenvalue weighted by Crippen LogP contribution is -2.19. The third kappa shape index (κ3) is 3.19. The van der Waals surface area contributed by atoms with Gasteiger partial charge < -0.3 is 0 Å². The average Bonchev–Trinajstić information content (AvgIpc) is 2.64. The normalized spacial score (nSPS) is 11.6. The van der Waals surface area contributed by atoms with Gasteiger partial charge in [0.1, 0.15) is 0 Å². The highest BCUT2D eigenvalue weighted by Crippen LogP contribution is 2.28. The van der Waals surface area contributed by atoms with Crippen molar-refractivity contribution in [3.8, 4) is 5.69 Å². The van der Waals surface area contributed by atoms with Crippen LogP contribution in [0.25, 0.3) is 5.69 Å². The number of rotatable bonds is 4. The second-order valence-corrected chi connectivity index (χ2v) is 7.07. The van der Waals surface area contributed by atoms with E-state index < -0.39 is 9.86 Å². The highest BCUT2D eigenvalue weighted by atomic mass is 35.5. The summed E-state index contributed by atoms with van der Waals surface area (Å²) in [6.45, 7) is 4.13. The van der Waals surface area contributed by atoms with Crippen molar-refractivity contribution in [3.05, 3.63) is 40.3 Å². The van der Waals surface area contributed by atoms with Crippen molar-refractivity contribution in [3.63, 3.8) is 0 Å². The molecule has 1 heterocycles. The molecule has 0 amide bonds. The number of hydrogen-bond acceptors (Lipinski definition) is 3. The van der Waals surface area contributed by atoms with Crippen molar-refractivity contribution in [1.82, 2.24) is 14.6 Å². The number of hydrogen-bond donors (Lipinski definition) is 0. The van der Waals surface area contributed by atoms with Gasteiger partial charge in [-0.15, -0.1) is 5.10 Å². The zero-order valence-electron chi connectivity index (χ0n) is 10.8. The molecular weight excluding hydrogens is 324 g/mol. The third-order valence-corrected chi connectivity index (χ3v) is 3.91. The lowest BCUT2D eigenvalue weighted by molar-refractivity contribution is 0.296. The standard InChI is InChI=1S/C12H12Cl2FN3OS/c1-7(2)8-3-5-9(6-4-8)17-11(20-10(13)14)16-18(15)12(17)19/h3-7,10H,1-2H3. The zero-order valence-corrected chi connectivity index (χ0v) is 13.1. The highest BCUT2D eigenvalue weighted by Gasteiger charge is 2.18. The van der Waals surface area contributed by atoms with Crippen LogP contribution in [-0.4, -0.2) is 18.7 Å². The van der Waals surface area contributed by atoms with E-state index in [1.54, 1.807) is 12.1 Å². The molecule has 2 aromatic rings. The van der Waals surface area contributed by atoms with Crippen LogP contribution in [0.5, 0.6) is 0 Å². The number of thioether (sulfide) groups is 1. The van der Waals surface area contributed by atoms with Gasteiger partial charge >= 0.3 is 5.69 Å². The van der Waals surface area contributed by atoms with Crippen LogP contribution in [0.15, 0.2) is 34.2 Å². The van der Waals surface area contributed by atoms with Crippen LogP contribution in [0.4, 0.5) is 4.48 Å². The monoisotopic (exact) mass is 335 g/mol. The quantitative estimate of drug-likeness (QED) is 0.631. The number of nitrogens with zero attached hydrogens (tertiary/aromatic N) is 3. The molecular formula is C12H12Cl2FN3OS. The summed E-state index contributed by atoms with van der Waals surface area (Å²) in [6, 6.07) is 7.24. The molecule has 0 N–H and O–H groups in total. The molecule has 0 saturated carbocycles. The fourth-order valence-corrected chi connectivity index (χ4v) is 2.76. The topological polar surface area (TPSA) is 39.8 Å². The molecule has 0 spiro atoms. The van der Waals surface area contributed by atoms with E-state index in [2.05, 4.69) is 18.9 Å². The van der Waals surface area contributed by atoms with Crippen LogP contribution in [0.3, 0.4) is 0 Å². The van der Waals surface area contributed by atoms with Crippen molar-refractivity contribution in [2.75, 3.05) is 0 Å². The molecule has 1 aromatic carbocycles. The molecule has 4 nitrogen and oxygen atoms in total. The summed E-state index contributed by atoms with van der Waals surface area (Å²) in [5.41, 5.74) is 0.745. The summed E-state index contributed by atoms with van der Waals surface area (Å²) in [7, 11) is 0. The molecule has 8 heteroatoms. The Morgan fingerprint density at radius 2 is 1.85 bits per heavy atom. The van der Waals surface area contributed by atoms with Crippen LogP contribution >= 0.6 is 35.0 Å². The minimum absolute atomic E-state index is 0.102. The summed E-state index contributed by atoms with van der Waals surface area (Å²) in [6.07, 6.45) is 0. The molecule has 0 saturated heterocycles. The third-order valence-electron chi connectivity index (χ3n) is 2.73. The van der Waals surface area contributed by atoms with Crippen molar-refractivity contribution in [2.24, 2.45) is 0 Å². The zero-order chi connectivity index (χ0) is 14.9. The van der Waals surface area contributed by atoms with E-state index in [1.165, 1.54) is 0 Å². The first-order chi connectivity index (χ1) is 9.40. The van der Waals surface area contributed by atoms with Crippen LogP contribution in [0.1, 0.15) is 25.3 Å². The summed E-state index contributed by atoms with van der Waals surface area (Å²) in [4.78, 5) is 11.6. The number of aromatic nitrogens is 3. The van der Waals surface area contributed by atoms with E-state index in [1.807, 2.05) is 12.1 Å². The molecule has 1 aromatic heterocycles. The Bertz CT molecular complexity index is 652. The Morgan fingerprint density at radius 1 is 1.25 bits per heavy atom. The first-order valence-corrected chi connectivity index (χ1v) is 7.58. The fraction of sp³-hybridized carbons (Fsp3) is 0.333. The van der Waals surface area contributed by atoms with E-state index in [9.17, 15) is 9.28 Å².